The van der Waals surface area contributed by atoms with Gasteiger partial charge >= 0.3 is 6.09 Å². The second kappa shape index (κ2) is 10.6. The molecular weight excluding hydrogens is 538 g/mol. The molecule has 1 fully saturated rings. The van der Waals surface area contributed by atoms with Crippen molar-refractivity contribution in [3.8, 4) is 10.4 Å². The number of alkyl carbamates (subject to hydrolysis) is 1. The van der Waals surface area contributed by atoms with Crippen molar-refractivity contribution in [2.75, 3.05) is 0 Å². The van der Waals surface area contributed by atoms with Gasteiger partial charge in [-0.05, 0) is 79.4 Å². The predicted molar refractivity (Wildman–Crippen MR) is 140 cm³/mol. The van der Waals surface area contributed by atoms with Gasteiger partial charge in [-0.1, -0.05) is 22.0 Å². The van der Waals surface area contributed by atoms with Crippen LogP contribution in [0.15, 0.2) is 27.6 Å². The van der Waals surface area contributed by atoms with Crippen molar-refractivity contribution in [2.24, 2.45) is 0 Å². The van der Waals surface area contributed by atoms with E-state index in [-0.39, 0.29) is 23.1 Å². The second-order valence-corrected chi connectivity index (χ2v) is 13.7. The van der Waals surface area contributed by atoms with Crippen LogP contribution >= 0.6 is 27.3 Å². The minimum atomic E-state index is -3.73. The van der Waals surface area contributed by atoms with E-state index in [0.717, 1.165) is 41.3 Å². The number of halogens is 1. The zero-order valence-electron chi connectivity index (χ0n) is 20.6. The van der Waals surface area contributed by atoms with Crippen LogP contribution in [0.5, 0.6) is 0 Å². The zero-order valence-corrected chi connectivity index (χ0v) is 23.8. The lowest BCUT2D eigenvalue weighted by Crippen LogP contribution is -2.40. The van der Waals surface area contributed by atoms with Crippen molar-refractivity contribution in [1.82, 2.24) is 15.0 Å². The average molecular weight is 573 g/mol. The molecule has 7 nitrogen and oxygen atoms in total. The van der Waals surface area contributed by atoms with E-state index < -0.39 is 15.6 Å². The molecule has 0 atom stereocenters. The molecule has 0 unspecified atom stereocenters. The van der Waals surface area contributed by atoms with Gasteiger partial charge < -0.3 is 10.1 Å². The third kappa shape index (κ3) is 7.02. The number of benzene rings is 1. The van der Waals surface area contributed by atoms with E-state index in [1.807, 2.05) is 53.7 Å². The van der Waals surface area contributed by atoms with Crippen LogP contribution < -0.4 is 10.0 Å². The van der Waals surface area contributed by atoms with E-state index in [4.69, 9.17) is 9.72 Å². The number of hydrogen-bond donors (Lipinski definition) is 2. The first-order valence-corrected chi connectivity index (χ1v) is 14.6. The molecule has 0 aliphatic heterocycles. The Morgan fingerprint density at radius 3 is 2.44 bits per heavy atom. The fourth-order valence-corrected chi connectivity index (χ4v) is 7.62. The summed E-state index contributed by atoms with van der Waals surface area (Å²) >= 11 is 4.99. The first-order chi connectivity index (χ1) is 15.7. The van der Waals surface area contributed by atoms with Crippen molar-refractivity contribution in [1.29, 1.82) is 0 Å². The fourth-order valence-electron chi connectivity index (χ4n) is 4.11. The Hall–Kier alpha value is -1.49. The van der Waals surface area contributed by atoms with Crippen LogP contribution in [-0.2, 0) is 14.8 Å². The van der Waals surface area contributed by atoms with Crippen molar-refractivity contribution in [3.05, 3.63) is 33.4 Å². The normalized spacial score (nSPS) is 19.3. The van der Waals surface area contributed by atoms with Gasteiger partial charge in [-0.3, -0.25) is 0 Å². The molecule has 1 saturated carbocycles. The smallest absolute Gasteiger partial charge is 0.407 e. The molecule has 1 heterocycles. The van der Waals surface area contributed by atoms with Crippen LogP contribution in [0.4, 0.5) is 4.79 Å². The largest absolute Gasteiger partial charge is 0.447 e. The molecule has 0 radical (unpaired) electrons. The Bertz CT molecular complexity index is 1130. The highest BCUT2D eigenvalue weighted by Gasteiger charge is 2.29. The SMILES string of the molecule is Cc1nc(C2CCC(NC(=O)OC(C)C)CC2)sc1-c1ccc(Br)cc1S(=O)(=O)NC(C)(C)C. The van der Waals surface area contributed by atoms with Crippen LogP contribution in [0.1, 0.15) is 76.9 Å². The molecule has 2 N–H and O–H groups in total. The fraction of sp³-hybridized carbons (Fsp3) is 0.583. The monoisotopic (exact) mass is 571 g/mol. The molecule has 1 amide bonds. The summed E-state index contributed by atoms with van der Waals surface area (Å²) in [7, 11) is -3.73. The molecule has 1 aromatic heterocycles. The molecule has 1 aliphatic carbocycles. The van der Waals surface area contributed by atoms with Crippen molar-refractivity contribution >= 4 is 43.4 Å². The zero-order chi connectivity index (χ0) is 25.3. The number of aryl methyl sites for hydroxylation is 1. The Kier molecular flexibility index (Phi) is 8.48. The number of carbonyl (C=O) groups excluding carboxylic acids is 1. The van der Waals surface area contributed by atoms with E-state index in [1.54, 1.807) is 17.4 Å². The molecule has 0 spiro atoms. The first-order valence-electron chi connectivity index (χ1n) is 11.5. The summed E-state index contributed by atoms with van der Waals surface area (Å²) in [4.78, 5) is 17.9. The lowest BCUT2D eigenvalue weighted by atomic mass is 9.86. The number of sulfonamides is 1. The van der Waals surface area contributed by atoms with E-state index in [9.17, 15) is 13.2 Å². The van der Waals surface area contributed by atoms with Crippen LogP contribution in [0.25, 0.3) is 10.4 Å². The molecule has 0 saturated heterocycles. The number of ether oxygens (including phenoxy) is 1. The van der Waals surface area contributed by atoms with E-state index in [2.05, 4.69) is 26.0 Å². The van der Waals surface area contributed by atoms with Gasteiger partial charge in [-0.25, -0.2) is 22.9 Å². The molecule has 10 heteroatoms. The molecule has 3 rings (SSSR count). The Morgan fingerprint density at radius 1 is 1.21 bits per heavy atom. The summed E-state index contributed by atoms with van der Waals surface area (Å²) in [6.07, 6.45) is 3.04. The summed E-state index contributed by atoms with van der Waals surface area (Å²) in [6.45, 7) is 11.1. The summed E-state index contributed by atoms with van der Waals surface area (Å²) < 4.78 is 35.1. The summed E-state index contributed by atoms with van der Waals surface area (Å²) in [5.41, 5.74) is 0.893. The topological polar surface area (TPSA) is 97.4 Å². The number of nitrogens with one attached hydrogen (secondary N) is 2. The van der Waals surface area contributed by atoms with Crippen LogP contribution in [0, 0.1) is 6.92 Å². The van der Waals surface area contributed by atoms with Gasteiger partial charge in [0.1, 0.15) is 0 Å². The van der Waals surface area contributed by atoms with Crippen LogP contribution in [0.2, 0.25) is 0 Å². The highest BCUT2D eigenvalue weighted by atomic mass is 79.9. The third-order valence-electron chi connectivity index (χ3n) is 5.47. The van der Waals surface area contributed by atoms with Gasteiger partial charge in [-0.15, -0.1) is 11.3 Å². The molecule has 1 aromatic carbocycles. The predicted octanol–water partition coefficient (Wildman–Crippen LogP) is 6.12. The molecule has 188 valence electrons. The number of carbonyl (C=O) groups is 1. The third-order valence-corrected chi connectivity index (χ3v) is 9.12. The van der Waals surface area contributed by atoms with E-state index in [0.29, 0.717) is 16.0 Å². The number of aromatic nitrogens is 1. The van der Waals surface area contributed by atoms with Crippen molar-refractivity contribution < 1.29 is 17.9 Å². The van der Waals surface area contributed by atoms with Gasteiger partial charge in [0, 0.05) is 27.5 Å². The maximum atomic E-state index is 13.2. The molecule has 34 heavy (non-hydrogen) atoms. The van der Waals surface area contributed by atoms with E-state index >= 15 is 0 Å². The lowest BCUT2D eigenvalue weighted by Gasteiger charge is -2.28. The number of thiazole rings is 1. The maximum absolute atomic E-state index is 13.2. The van der Waals surface area contributed by atoms with Crippen LogP contribution in [-0.4, -0.2) is 37.2 Å². The Balaban J connectivity index is 1.81. The summed E-state index contributed by atoms with van der Waals surface area (Å²) in [5, 5.41) is 3.98. The summed E-state index contributed by atoms with van der Waals surface area (Å²) in [6, 6.07) is 5.45. The average Bonchev–Trinajstić information content (AvgIpc) is 3.07. The van der Waals surface area contributed by atoms with Crippen molar-refractivity contribution in [2.45, 2.75) is 95.7 Å². The molecule has 2 aromatic rings. The van der Waals surface area contributed by atoms with Crippen LogP contribution in [0.3, 0.4) is 0 Å². The van der Waals surface area contributed by atoms with Crippen molar-refractivity contribution in [3.63, 3.8) is 0 Å². The first kappa shape index (κ1) is 27.1. The molecule has 1 aliphatic rings. The number of amides is 1. The quantitative estimate of drug-likeness (QED) is 0.435. The van der Waals surface area contributed by atoms with Gasteiger partial charge in [0.05, 0.1) is 26.6 Å². The van der Waals surface area contributed by atoms with Gasteiger partial charge in [0.2, 0.25) is 10.0 Å². The second-order valence-electron chi connectivity index (χ2n) is 10.1. The standard InChI is InChI=1S/C24H34BrN3O4S2/c1-14(2)32-23(29)27-18-10-7-16(8-11-18)22-26-15(3)21(33-22)19-12-9-17(25)13-20(19)34(30,31)28-24(4,5)6/h9,12-14,16,18,28H,7-8,10-11H2,1-6H3,(H,27,29). The number of rotatable bonds is 6. The maximum Gasteiger partial charge on any atom is 0.407 e. The Labute approximate surface area is 215 Å². The number of nitrogens with zero attached hydrogens (tertiary/aromatic N) is 1. The highest BCUT2D eigenvalue weighted by molar-refractivity contribution is 9.10. The van der Waals surface area contributed by atoms with Gasteiger partial charge in [0.15, 0.2) is 0 Å². The molecule has 0 bridgehead atoms. The highest BCUT2D eigenvalue weighted by Crippen LogP contribution is 2.41. The van der Waals surface area contributed by atoms with Gasteiger partial charge in [-0.2, -0.15) is 0 Å². The Morgan fingerprint density at radius 2 is 1.85 bits per heavy atom. The summed E-state index contributed by atoms with van der Waals surface area (Å²) in [5.74, 6) is 0.292. The van der Waals surface area contributed by atoms with Gasteiger partial charge in [0.25, 0.3) is 0 Å². The lowest BCUT2D eigenvalue weighted by molar-refractivity contribution is 0.109. The minimum absolute atomic E-state index is 0.106. The van der Waals surface area contributed by atoms with E-state index in [1.165, 1.54) is 0 Å². The molecular formula is C24H34BrN3O4S2. The minimum Gasteiger partial charge on any atom is -0.447 e. The number of hydrogen-bond acceptors (Lipinski definition) is 6.